The highest BCUT2D eigenvalue weighted by molar-refractivity contribution is 8.16. The summed E-state index contributed by atoms with van der Waals surface area (Å²) >= 11 is 3.53. The Morgan fingerprint density at radius 3 is 1.35 bits per heavy atom. The van der Waals surface area contributed by atoms with Crippen molar-refractivity contribution in [1.82, 2.24) is 0 Å². The molecule has 182 valence electrons. The zero-order valence-electron chi connectivity index (χ0n) is 19.6. The van der Waals surface area contributed by atoms with E-state index in [9.17, 15) is 0 Å². The summed E-state index contributed by atoms with van der Waals surface area (Å²) in [6.07, 6.45) is 4.96. The van der Waals surface area contributed by atoms with Crippen LogP contribution in [0.4, 0.5) is 11.4 Å². The van der Waals surface area contributed by atoms with Gasteiger partial charge in [0.2, 0.25) is 0 Å². The Morgan fingerprint density at radius 2 is 0.971 bits per heavy atom. The molecule has 0 saturated carbocycles. The lowest BCUT2D eigenvalue weighted by Gasteiger charge is -2.15. The minimum Gasteiger partial charge on any atom is -1.00 e. The Hall–Kier alpha value is -1.16. The molecule has 0 bridgehead atoms. The molecule has 2 aromatic rings. The predicted octanol–water partition coefficient (Wildman–Crippen LogP) is -1.08. The minimum atomic E-state index is 0. The number of thioether (sulfide) groups is 2. The van der Waals surface area contributed by atoms with E-state index in [0.717, 1.165) is 24.5 Å². The number of unbranched alkanes of at least 4 members (excludes halogenated alkanes) is 3. The highest BCUT2D eigenvalue weighted by Gasteiger charge is 2.27. The highest BCUT2D eigenvalue weighted by atomic mass is 79.9. The molecular formula is C26H32Br2N4S2. The SMILES string of the molecule is CC1=CSC(=Nc2ccccc2)[NH+]1CCCCCC[NH+]1C(C)=CSC1=Nc1ccccc1.[Br-].[Br-]. The second-order valence-electron chi connectivity index (χ2n) is 8.21. The Bertz CT molecular complexity index is 940. The molecule has 2 atom stereocenters. The number of benzene rings is 2. The first-order valence-electron chi connectivity index (χ1n) is 11.4. The lowest BCUT2D eigenvalue weighted by atomic mass is 10.2. The molecule has 2 heterocycles. The maximum atomic E-state index is 4.87. The van der Waals surface area contributed by atoms with Crippen molar-refractivity contribution in [2.75, 3.05) is 13.1 Å². The Morgan fingerprint density at radius 1 is 0.588 bits per heavy atom. The summed E-state index contributed by atoms with van der Waals surface area (Å²) in [5.41, 5.74) is 4.84. The quantitative estimate of drug-likeness (QED) is 0.349. The summed E-state index contributed by atoms with van der Waals surface area (Å²) < 4.78 is 0. The van der Waals surface area contributed by atoms with Crippen molar-refractivity contribution in [2.24, 2.45) is 9.98 Å². The third-order valence-electron chi connectivity index (χ3n) is 5.74. The molecule has 2 aromatic carbocycles. The minimum absolute atomic E-state index is 0. The van der Waals surface area contributed by atoms with Crippen LogP contribution in [0.25, 0.3) is 0 Å². The van der Waals surface area contributed by atoms with Crippen molar-refractivity contribution in [3.8, 4) is 0 Å². The number of amidine groups is 2. The number of para-hydroxylation sites is 2. The molecule has 2 N–H and O–H groups in total. The van der Waals surface area contributed by atoms with Gasteiger partial charge in [-0.15, -0.1) is 0 Å². The van der Waals surface area contributed by atoms with Gasteiger partial charge in [0.05, 0.1) is 24.5 Å². The standard InChI is InChI=1S/C26H30N4S2.2BrH/c1-21-19-31-25(27-23-13-7-5-8-14-23)29(21)17-11-3-4-12-18-30-22(2)20-32-26(30)28-24-15-9-6-10-16-24;;/h5-10,13-16,19-20H,3-4,11-12,17-18H2,1-2H3;2*1H. The van der Waals surface area contributed by atoms with Gasteiger partial charge in [-0.25, -0.2) is 0 Å². The molecular weight excluding hydrogens is 592 g/mol. The fourth-order valence-electron chi connectivity index (χ4n) is 3.90. The number of rotatable bonds is 9. The van der Waals surface area contributed by atoms with Gasteiger partial charge in [-0.05, 0) is 73.5 Å². The van der Waals surface area contributed by atoms with Crippen LogP contribution in [-0.2, 0) is 0 Å². The second-order valence-corrected chi connectivity index (χ2v) is 9.93. The van der Waals surface area contributed by atoms with Crippen LogP contribution in [0.15, 0.2) is 92.9 Å². The van der Waals surface area contributed by atoms with E-state index in [-0.39, 0.29) is 34.0 Å². The smallest absolute Gasteiger partial charge is 0.271 e. The largest absolute Gasteiger partial charge is 1.00 e. The van der Waals surface area contributed by atoms with E-state index in [4.69, 9.17) is 9.98 Å². The molecule has 34 heavy (non-hydrogen) atoms. The first kappa shape index (κ1) is 29.1. The van der Waals surface area contributed by atoms with Gasteiger partial charge in [0.1, 0.15) is 11.4 Å². The van der Waals surface area contributed by atoms with Gasteiger partial charge in [0.25, 0.3) is 10.3 Å². The molecule has 0 aromatic heterocycles. The zero-order valence-corrected chi connectivity index (χ0v) is 24.4. The van der Waals surface area contributed by atoms with Gasteiger partial charge >= 0.3 is 0 Å². The average molecular weight is 625 g/mol. The first-order valence-corrected chi connectivity index (χ1v) is 13.1. The van der Waals surface area contributed by atoms with Crippen molar-refractivity contribution in [2.45, 2.75) is 39.5 Å². The Balaban J connectivity index is 0.00000204. The van der Waals surface area contributed by atoms with Gasteiger partial charge < -0.3 is 34.0 Å². The fourth-order valence-corrected chi connectivity index (χ4v) is 5.89. The molecule has 0 amide bonds. The van der Waals surface area contributed by atoms with Gasteiger partial charge in [0, 0.05) is 24.7 Å². The van der Waals surface area contributed by atoms with E-state index in [1.807, 2.05) is 36.4 Å². The molecule has 8 heteroatoms. The van der Waals surface area contributed by atoms with Gasteiger partial charge in [0.15, 0.2) is 0 Å². The monoisotopic (exact) mass is 622 g/mol. The Labute approximate surface area is 233 Å². The van der Waals surface area contributed by atoms with E-state index in [1.54, 1.807) is 23.5 Å². The number of nitrogens with zero attached hydrogens (tertiary/aromatic N) is 2. The number of aliphatic imine (C=N–C) groups is 2. The number of nitrogens with one attached hydrogen (secondary N) is 2. The van der Waals surface area contributed by atoms with Crippen molar-refractivity contribution < 1.29 is 43.8 Å². The third-order valence-corrected chi connectivity index (χ3v) is 7.80. The topological polar surface area (TPSA) is 33.6 Å². The van der Waals surface area contributed by atoms with E-state index in [2.05, 4.69) is 48.9 Å². The van der Waals surface area contributed by atoms with Gasteiger partial charge in [-0.1, -0.05) is 36.4 Å². The number of hydrogen-bond acceptors (Lipinski definition) is 4. The lowest BCUT2D eigenvalue weighted by Crippen LogP contribution is -3.10. The summed E-state index contributed by atoms with van der Waals surface area (Å²) in [5.74, 6) is 0. The molecule has 0 aliphatic carbocycles. The van der Waals surface area contributed by atoms with Crippen molar-refractivity contribution in [3.63, 3.8) is 0 Å². The molecule has 0 spiro atoms. The molecule has 2 aliphatic rings. The summed E-state index contributed by atoms with van der Waals surface area (Å²) in [4.78, 5) is 12.6. The summed E-state index contributed by atoms with van der Waals surface area (Å²) in [7, 11) is 0. The van der Waals surface area contributed by atoms with E-state index in [0.29, 0.717) is 0 Å². The molecule has 0 radical (unpaired) electrons. The second kappa shape index (κ2) is 15.1. The van der Waals surface area contributed by atoms with E-state index < -0.39 is 0 Å². The van der Waals surface area contributed by atoms with Gasteiger partial charge in [-0.3, -0.25) is 9.80 Å². The van der Waals surface area contributed by atoms with Crippen LogP contribution in [0.5, 0.6) is 0 Å². The number of halogens is 2. The predicted molar refractivity (Wildman–Crippen MR) is 140 cm³/mol. The van der Waals surface area contributed by atoms with Crippen LogP contribution in [-0.4, -0.2) is 23.4 Å². The first-order chi connectivity index (χ1) is 15.7. The van der Waals surface area contributed by atoms with Crippen LogP contribution < -0.4 is 43.8 Å². The van der Waals surface area contributed by atoms with Crippen LogP contribution >= 0.6 is 23.5 Å². The third kappa shape index (κ3) is 8.21. The highest BCUT2D eigenvalue weighted by Crippen LogP contribution is 2.18. The molecule has 4 nitrogen and oxygen atoms in total. The maximum absolute atomic E-state index is 4.87. The fraction of sp³-hybridized carbons (Fsp3) is 0.308. The van der Waals surface area contributed by atoms with E-state index >= 15 is 0 Å². The van der Waals surface area contributed by atoms with Crippen molar-refractivity contribution in [1.29, 1.82) is 0 Å². The molecule has 4 rings (SSSR count). The molecule has 0 fully saturated rings. The van der Waals surface area contributed by atoms with Crippen LogP contribution in [0, 0.1) is 0 Å². The summed E-state index contributed by atoms with van der Waals surface area (Å²) in [6, 6.07) is 20.6. The average Bonchev–Trinajstić information content (AvgIpc) is 3.34. The van der Waals surface area contributed by atoms with Crippen LogP contribution in [0.1, 0.15) is 39.5 Å². The summed E-state index contributed by atoms with van der Waals surface area (Å²) in [5, 5.41) is 6.84. The van der Waals surface area contributed by atoms with Crippen molar-refractivity contribution in [3.05, 3.63) is 82.9 Å². The van der Waals surface area contributed by atoms with E-state index in [1.165, 1.54) is 57.2 Å². The number of hydrogen-bond donors (Lipinski definition) is 2. The number of quaternary nitrogens is 2. The number of allylic oxidation sites excluding steroid dienone is 2. The maximum Gasteiger partial charge on any atom is 0.271 e. The Kier molecular flexibility index (Phi) is 12.9. The normalized spacial score (nSPS) is 21.7. The molecule has 0 saturated heterocycles. The molecule has 2 aliphatic heterocycles. The van der Waals surface area contributed by atoms with Crippen molar-refractivity contribution >= 4 is 45.2 Å². The lowest BCUT2D eigenvalue weighted by molar-refractivity contribution is -0.757. The summed E-state index contributed by atoms with van der Waals surface area (Å²) in [6.45, 7) is 6.67. The van der Waals surface area contributed by atoms with Gasteiger partial charge in [-0.2, -0.15) is 9.98 Å². The zero-order chi connectivity index (χ0) is 22.2. The van der Waals surface area contributed by atoms with Crippen LogP contribution in [0.2, 0.25) is 0 Å². The molecule has 2 unspecified atom stereocenters. The van der Waals surface area contributed by atoms with Crippen LogP contribution in [0.3, 0.4) is 0 Å².